The fourth-order valence-corrected chi connectivity index (χ4v) is 3.72. The normalized spacial score (nSPS) is 18.6. The number of halogens is 1. The van der Waals surface area contributed by atoms with Crippen molar-refractivity contribution in [3.05, 3.63) is 29.7 Å². The third-order valence-corrected chi connectivity index (χ3v) is 6.47. The quantitative estimate of drug-likeness (QED) is 0.590. The number of carbonyl (C=O) groups is 2. The van der Waals surface area contributed by atoms with Crippen LogP contribution >= 0.6 is 0 Å². The number of nitrogens with zero attached hydrogens (tertiary/aromatic N) is 4. The minimum absolute atomic E-state index is 0.126. The van der Waals surface area contributed by atoms with Crippen molar-refractivity contribution in [2.45, 2.75) is 51.6 Å². The summed E-state index contributed by atoms with van der Waals surface area (Å²) >= 11 is -1.30. The SMILES string of the molecule is CC(F)c1cc(N2CC(=O)N(C)C2=O)c2nc([C@@H](C)N[S@+]([O-])C(C)(C)C)cn2c1. The highest BCUT2D eigenvalue weighted by Crippen LogP contribution is 2.31. The number of urea groups is 1. The van der Waals surface area contributed by atoms with Gasteiger partial charge in [0.1, 0.15) is 17.5 Å². The number of hydrogen-bond donors (Lipinski definition) is 1. The lowest BCUT2D eigenvalue weighted by molar-refractivity contribution is -0.123. The fourth-order valence-electron chi connectivity index (χ4n) is 2.93. The Morgan fingerprint density at radius 1 is 1.28 bits per heavy atom. The lowest BCUT2D eigenvalue weighted by Gasteiger charge is -2.25. The summed E-state index contributed by atoms with van der Waals surface area (Å²) in [7, 11) is 1.41. The van der Waals surface area contributed by atoms with Crippen LogP contribution in [-0.4, -0.2) is 49.1 Å². The van der Waals surface area contributed by atoms with Gasteiger partial charge in [0.2, 0.25) is 5.91 Å². The zero-order valence-corrected chi connectivity index (χ0v) is 18.2. The fraction of sp³-hybridized carbons (Fsp3) is 0.526. The first kappa shape index (κ1) is 21.5. The van der Waals surface area contributed by atoms with Gasteiger partial charge in [-0.05, 0) is 40.7 Å². The van der Waals surface area contributed by atoms with Crippen molar-refractivity contribution >= 4 is 34.6 Å². The van der Waals surface area contributed by atoms with Crippen LogP contribution in [0.2, 0.25) is 0 Å². The highest BCUT2D eigenvalue weighted by Gasteiger charge is 2.36. The molecule has 8 nitrogen and oxygen atoms in total. The Labute approximate surface area is 172 Å². The van der Waals surface area contributed by atoms with Crippen molar-refractivity contribution in [2.75, 3.05) is 18.5 Å². The highest BCUT2D eigenvalue weighted by atomic mass is 32.2. The minimum Gasteiger partial charge on any atom is -0.598 e. The van der Waals surface area contributed by atoms with Crippen LogP contribution in [0.3, 0.4) is 0 Å². The average Bonchev–Trinajstić information content (AvgIpc) is 3.17. The first-order chi connectivity index (χ1) is 13.4. The van der Waals surface area contributed by atoms with Gasteiger partial charge >= 0.3 is 6.03 Å². The zero-order valence-electron chi connectivity index (χ0n) is 17.4. The molecule has 0 spiro atoms. The van der Waals surface area contributed by atoms with Crippen molar-refractivity contribution < 1.29 is 18.5 Å². The number of amides is 3. The number of aromatic nitrogens is 2. The monoisotopic (exact) mass is 423 g/mol. The number of nitrogens with one attached hydrogen (secondary N) is 1. The molecular formula is C19H26FN5O3S. The Morgan fingerprint density at radius 2 is 1.93 bits per heavy atom. The van der Waals surface area contributed by atoms with E-state index in [4.69, 9.17) is 0 Å². The summed E-state index contributed by atoms with van der Waals surface area (Å²) < 4.78 is 30.7. The van der Waals surface area contributed by atoms with Gasteiger partial charge in [-0.15, -0.1) is 4.72 Å². The molecule has 2 aromatic heterocycles. The summed E-state index contributed by atoms with van der Waals surface area (Å²) in [6.07, 6.45) is 2.06. The molecule has 10 heteroatoms. The van der Waals surface area contributed by atoms with E-state index in [0.717, 1.165) is 4.90 Å². The van der Waals surface area contributed by atoms with Gasteiger partial charge in [0.15, 0.2) is 5.65 Å². The van der Waals surface area contributed by atoms with Gasteiger partial charge in [-0.25, -0.2) is 14.2 Å². The summed E-state index contributed by atoms with van der Waals surface area (Å²) in [5.74, 6) is -0.339. The molecule has 1 fully saturated rings. The first-order valence-electron chi connectivity index (χ1n) is 9.33. The minimum atomic E-state index is -1.30. The molecule has 3 heterocycles. The number of carbonyl (C=O) groups excluding carboxylic acids is 2. The number of hydrogen-bond acceptors (Lipinski definition) is 5. The van der Waals surface area contributed by atoms with Crippen molar-refractivity contribution in [1.29, 1.82) is 0 Å². The molecule has 1 saturated heterocycles. The van der Waals surface area contributed by atoms with Gasteiger partial charge in [0, 0.05) is 36.4 Å². The second-order valence-electron chi connectivity index (χ2n) is 8.21. The van der Waals surface area contributed by atoms with Gasteiger partial charge in [-0.3, -0.25) is 14.6 Å². The van der Waals surface area contributed by atoms with Crippen LogP contribution in [0.1, 0.15) is 58.1 Å². The second-order valence-corrected chi connectivity index (χ2v) is 10.2. The molecular weight excluding hydrogens is 397 g/mol. The van der Waals surface area contributed by atoms with Crippen LogP contribution in [0.4, 0.5) is 14.9 Å². The molecule has 0 aromatic carbocycles. The number of imidazole rings is 1. The molecule has 3 atom stereocenters. The molecule has 0 saturated carbocycles. The first-order valence-corrected chi connectivity index (χ1v) is 10.5. The Hall–Kier alpha value is -2.17. The molecule has 0 radical (unpaired) electrons. The molecule has 3 amide bonds. The molecule has 158 valence electrons. The smallest absolute Gasteiger partial charge is 0.331 e. The van der Waals surface area contributed by atoms with E-state index in [1.54, 1.807) is 22.9 Å². The number of fused-ring (bicyclic) bond motifs is 1. The number of anilines is 1. The summed E-state index contributed by atoms with van der Waals surface area (Å²) in [6, 6.07) is 0.727. The number of rotatable bonds is 5. The Kier molecular flexibility index (Phi) is 5.63. The molecule has 0 aliphatic carbocycles. The van der Waals surface area contributed by atoms with Crippen molar-refractivity contribution in [3.8, 4) is 0 Å². The average molecular weight is 424 g/mol. The number of imide groups is 1. The van der Waals surface area contributed by atoms with Crippen LogP contribution in [0.5, 0.6) is 0 Å². The Morgan fingerprint density at radius 3 is 2.45 bits per heavy atom. The van der Waals surface area contributed by atoms with E-state index in [0.29, 0.717) is 22.6 Å². The van der Waals surface area contributed by atoms with E-state index in [1.165, 1.54) is 18.9 Å². The molecule has 1 aliphatic rings. The predicted octanol–water partition coefficient (Wildman–Crippen LogP) is 2.88. The third kappa shape index (κ3) is 4.10. The van der Waals surface area contributed by atoms with Gasteiger partial charge in [-0.1, -0.05) is 0 Å². The van der Waals surface area contributed by atoms with Crippen LogP contribution in [0, 0.1) is 0 Å². The third-order valence-electron chi connectivity index (χ3n) is 4.79. The molecule has 1 N–H and O–H groups in total. The highest BCUT2D eigenvalue weighted by molar-refractivity contribution is 7.90. The summed E-state index contributed by atoms with van der Waals surface area (Å²) in [5, 5.41) is 0. The van der Waals surface area contributed by atoms with E-state index in [2.05, 4.69) is 9.71 Å². The Bertz CT molecular complexity index is 955. The van der Waals surface area contributed by atoms with Crippen LogP contribution in [0.25, 0.3) is 5.65 Å². The Balaban J connectivity index is 2.05. The van der Waals surface area contributed by atoms with Gasteiger partial charge < -0.3 is 8.95 Å². The van der Waals surface area contributed by atoms with Crippen molar-refractivity contribution in [3.63, 3.8) is 0 Å². The number of likely N-dealkylation sites (N-methyl/N-ethyl adjacent to an activating group) is 1. The topological polar surface area (TPSA) is 93.0 Å². The lowest BCUT2D eigenvalue weighted by Crippen LogP contribution is -2.40. The summed E-state index contributed by atoms with van der Waals surface area (Å²) in [6.45, 7) is 8.72. The summed E-state index contributed by atoms with van der Waals surface area (Å²) in [4.78, 5) is 31.4. The molecule has 29 heavy (non-hydrogen) atoms. The maximum Gasteiger partial charge on any atom is 0.331 e. The molecule has 2 aromatic rings. The van der Waals surface area contributed by atoms with E-state index in [1.807, 2.05) is 27.7 Å². The second kappa shape index (κ2) is 7.58. The lowest BCUT2D eigenvalue weighted by atomic mass is 10.2. The van der Waals surface area contributed by atoms with Gasteiger partial charge in [0.05, 0.1) is 17.4 Å². The van der Waals surface area contributed by atoms with E-state index in [9.17, 15) is 18.5 Å². The largest absolute Gasteiger partial charge is 0.598 e. The molecule has 1 unspecified atom stereocenters. The van der Waals surface area contributed by atoms with Crippen LogP contribution in [-0.2, 0) is 16.2 Å². The number of pyridine rings is 1. The van der Waals surface area contributed by atoms with Gasteiger partial charge in [0.25, 0.3) is 0 Å². The van der Waals surface area contributed by atoms with Gasteiger partial charge in [-0.2, -0.15) is 0 Å². The van der Waals surface area contributed by atoms with Crippen molar-refractivity contribution in [2.24, 2.45) is 0 Å². The van der Waals surface area contributed by atoms with E-state index >= 15 is 0 Å². The van der Waals surface area contributed by atoms with Crippen molar-refractivity contribution in [1.82, 2.24) is 19.0 Å². The molecule has 0 bridgehead atoms. The van der Waals surface area contributed by atoms with E-state index in [-0.39, 0.29) is 18.5 Å². The number of alkyl halides is 1. The van der Waals surface area contributed by atoms with Crippen LogP contribution in [0.15, 0.2) is 18.5 Å². The standard InChI is InChI=1S/C19H26FN5O3S/c1-11(20)13-7-15(25-10-16(26)23(6)18(25)27)17-21-14(9-24(17)8-13)12(2)22-29(28)19(3,4)5/h7-9,11-12,22H,10H2,1-6H3/t11?,12-,29-/m1/s1. The van der Waals surface area contributed by atoms with E-state index < -0.39 is 28.3 Å². The summed E-state index contributed by atoms with van der Waals surface area (Å²) in [5.41, 5.74) is 1.75. The maximum absolute atomic E-state index is 14.1. The van der Waals surface area contributed by atoms with Crippen LogP contribution < -0.4 is 9.62 Å². The zero-order chi connectivity index (χ0) is 21.7. The molecule has 3 rings (SSSR count). The maximum atomic E-state index is 14.1. The predicted molar refractivity (Wildman–Crippen MR) is 110 cm³/mol. The molecule has 1 aliphatic heterocycles.